The fraction of sp³-hybridized carbons (Fsp3) is 0.133. The van der Waals surface area contributed by atoms with Crippen molar-refractivity contribution in [3.63, 3.8) is 0 Å². The molecule has 0 aliphatic heterocycles. The number of nitrogens with one attached hydrogen (secondary N) is 2. The van der Waals surface area contributed by atoms with Gasteiger partial charge in [-0.15, -0.1) is 0 Å². The highest BCUT2D eigenvalue weighted by Gasteiger charge is 2.17. The zero-order valence-corrected chi connectivity index (χ0v) is 13.2. The minimum absolute atomic E-state index is 0.0638. The molecule has 0 aliphatic rings. The second kappa shape index (κ2) is 7.56. The standard InChI is InChI=1S/C15H15BrN4O2/c16-11-4-1-3-10(7-11)13(20-15(17)22)8-14(21)19-12-5-2-6-18-9-12/h1-7,9,13H,8H2,(H,19,21)(H3,17,20,22)/t13-/m0/s1. The number of hydrogen-bond acceptors (Lipinski definition) is 3. The number of anilines is 1. The molecule has 0 unspecified atom stereocenters. The second-order valence-corrected chi connectivity index (χ2v) is 5.53. The van der Waals surface area contributed by atoms with E-state index in [9.17, 15) is 9.59 Å². The molecule has 3 amide bonds. The monoisotopic (exact) mass is 362 g/mol. The number of urea groups is 1. The van der Waals surface area contributed by atoms with E-state index in [0.29, 0.717) is 5.69 Å². The lowest BCUT2D eigenvalue weighted by atomic mass is 10.0. The predicted octanol–water partition coefficient (Wildman–Crippen LogP) is 2.58. The number of halogens is 1. The number of carbonyl (C=O) groups is 2. The third-order valence-corrected chi connectivity index (χ3v) is 3.40. The Hall–Kier alpha value is -2.41. The van der Waals surface area contributed by atoms with E-state index in [1.165, 1.54) is 0 Å². The average Bonchev–Trinajstić information content (AvgIpc) is 2.47. The Kier molecular flexibility index (Phi) is 5.48. The molecule has 0 fully saturated rings. The molecule has 0 spiro atoms. The van der Waals surface area contributed by atoms with Crippen LogP contribution in [-0.4, -0.2) is 16.9 Å². The number of hydrogen-bond donors (Lipinski definition) is 3. The van der Waals surface area contributed by atoms with Crippen LogP contribution in [0.4, 0.5) is 10.5 Å². The third kappa shape index (κ3) is 4.85. The SMILES string of the molecule is NC(=O)N[C@@H](CC(=O)Nc1cccnc1)c1cccc(Br)c1. The number of rotatable bonds is 5. The molecule has 0 bridgehead atoms. The smallest absolute Gasteiger partial charge is 0.312 e. The quantitative estimate of drug-likeness (QED) is 0.762. The van der Waals surface area contributed by atoms with Gasteiger partial charge in [0.05, 0.1) is 24.3 Å². The molecule has 0 saturated heterocycles. The summed E-state index contributed by atoms with van der Waals surface area (Å²) in [5, 5.41) is 5.31. The Balaban J connectivity index is 2.09. The van der Waals surface area contributed by atoms with Crippen LogP contribution < -0.4 is 16.4 Å². The number of nitrogens with two attached hydrogens (primary N) is 1. The predicted molar refractivity (Wildman–Crippen MR) is 87.1 cm³/mol. The highest BCUT2D eigenvalue weighted by Crippen LogP contribution is 2.21. The van der Waals surface area contributed by atoms with Gasteiger partial charge in [0.2, 0.25) is 5.91 Å². The van der Waals surface area contributed by atoms with Crippen molar-refractivity contribution in [3.05, 3.63) is 58.8 Å². The molecular weight excluding hydrogens is 348 g/mol. The van der Waals surface area contributed by atoms with Gasteiger partial charge in [-0.3, -0.25) is 9.78 Å². The van der Waals surface area contributed by atoms with Crippen LogP contribution in [0.15, 0.2) is 53.3 Å². The van der Waals surface area contributed by atoms with E-state index in [-0.39, 0.29) is 12.3 Å². The van der Waals surface area contributed by atoms with Crippen molar-refractivity contribution < 1.29 is 9.59 Å². The van der Waals surface area contributed by atoms with Crippen molar-refractivity contribution in [1.82, 2.24) is 10.3 Å². The lowest BCUT2D eigenvalue weighted by Gasteiger charge is -2.18. The summed E-state index contributed by atoms with van der Waals surface area (Å²) in [7, 11) is 0. The first-order chi connectivity index (χ1) is 10.5. The summed E-state index contributed by atoms with van der Waals surface area (Å²) in [5.74, 6) is -0.244. The molecule has 2 rings (SSSR count). The van der Waals surface area contributed by atoms with Gasteiger partial charge in [-0.1, -0.05) is 28.1 Å². The maximum Gasteiger partial charge on any atom is 0.312 e. The number of nitrogens with zero attached hydrogens (tertiary/aromatic N) is 1. The maximum atomic E-state index is 12.1. The van der Waals surface area contributed by atoms with Crippen molar-refractivity contribution in [2.75, 3.05) is 5.32 Å². The van der Waals surface area contributed by atoms with Gasteiger partial charge in [-0.25, -0.2) is 4.79 Å². The molecule has 0 radical (unpaired) electrons. The van der Waals surface area contributed by atoms with E-state index in [1.54, 1.807) is 24.5 Å². The van der Waals surface area contributed by atoms with Gasteiger partial charge in [-0.05, 0) is 29.8 Å². The van der Waals surface area contributed by atoms with Crippen LogP contribution in [0.25, 0.3) is 0 Å². The zero-order chi connectivity index (χ0) is 15.9. The molecule has 22 heavy (non-hydrogen) atoms. The molecule has 1 aromatic heterocycles. The molecule has 7 heteroatoms. The van der Waals surface area contributed by atoms with E-state index < -0.39 is 12.1 Å². The highest BCUT2D eigenvalue weighted by molar-refractivity contribution is 9.10. The summed E-state index contributed by atoms with van der Waals surface area (Å²) in [6.07, 6.45) is 3.23. The van der Waals surface area contributed by atoms with Crippen LogP contribution in [0.1, 0.15) is 18.0 Å². The van der Waals surface area contributed by atoms with E-state index in [2.05, 4.69) is 31.5 Å². The van der Waals surface area contributed by atoms with Gasteiger partial charge in [-0.2, -0.15) is 0 Å². The number of aromatic nitrogens is 1. The van der Waals surface area contributed by atoms with Crippen molar-refractivity contribution >= 4 is 33.6 Å². The van der Waals surface area contributed by atoms with Crippen molar-refractivity contribution in [3.8, 4) is 0 Å². The third-order valence-electron chi connectivity index (χ3n) is 2.90. The molecule has 1 atom stereocenters. The van der Waals surface area contributed by atoms with Crippen LogP contribution in [0, 0.1) is 0 Å². The Labute approximate surface area is 136 Å². The van der Waals surface area contributed by atoms with E-state index in [1.807, 2.05) is 24.3 Å². The van der Waals surface area contributed by atoms with E-state index in [4.69, 9.17) is 5.73 Å². The summed E-state index contributed by atoms with van der Waals surface area (Å²) in [5.41, 5.74) is 6.58. The molecule has 6 nitrogen and oxygen atoms in total. The van der Waals surface area contributed by atoms with Gasteiger partial charge in [0.15, 0.2) is 0 Å². The Morgan fingerprint density at radius 3 is 2.73 bits per heavy atom. The molecule has 0 saturated carbocycles. The van der Waals surface area contributed by atoms with Gasteiger partial charge in [0, 0.05) is 10.7 Å². The minimum Gasteiger partial charge on any atom is -0.352 e. The Bertz CT molecular complexity index is 664. The first-order valence-electron chi connectivity index (χ1n) is 6.56. The number of carbonyl (C=O) groups excluding carboxylic acids is 2. The van der Waals surface area contributed by atoms with Crippen LogP contribution in [0.5, 0.6) is 0 Å². The normalized spacial score (nSPS) is 11.5. The summed E-state index contributed by atoms with van der Waals surface area (Å²) in [6.45, 7) is 0. The first kappa shape index (κ1) is 16.0. The van der Waals surface area contributed by atoms with Crippen LogP contribution >= 0.6 is 15.9 Å². The van der Waals surface area contributed by atoms with Crippen molar-refractivity contribution in [2.45, 2.75) is 12.5 Å². The minimum atomic E-state index is -0.681. The lowest BCUT2D eigenvalue weighted by molar-refractivity contribution is -0.116. The lowest BCUT2D eigenvalue weighted by Crippen LogP contribution is -2.35. The van der Waals surface area contributed by atoms with Gasteiger partial charge in [0.25, 0.3) is 0 Å². The van der Waals surface area contributed by atoms with Gasteiger partial charge < -0.3 is 16.4 Å². The summed E-state index contributed by atoms with van der Waals surface area (Å²) in [6, 6.07) is 9.62. The first-order valence-corrected chi connectivity index (χ1v) is 7.35. The maximum absolute atomic E-state index is 12.1. The van der Waals surface area contributed by atoms with E-state index >= 15 is 0 Å². The van der Waals surface area contributed by atoms with Gasteiger partial charge in [0.1, 0.15) is 0 Å². The summed E-state index contributed by atoms with van der Waals surface area (Å²) < 4.78 is 0.855. The molecule has 1 aromatic carbocycles. The topological polar surface area (TPSA) is 97.1 Å². The summed E-state index contributed by atoms with van der Waals surface area (Å²) in [4.78, 5) is 27.2. The fourth-order valence-electron chi connectivity index (χ4n) is 1.98. The largest absolute Gasteiger partial charge is 0.352 e. The number of primary amides is 1. The van der Waals surface area contributed by atoms with Crippen molar-refractivity contribution in [2.24, 2.45) is 5.73 Å². The van der Waals surface area contributed by atoms with Crippen LogP contribution in [0.2, 0.25) is 0 Å². The molecule has 0 aliphatic carbocycles. The number of benzene rings is 1. The van der Waals surface area contributed by atoms with Crippen molar-refractivity contribution in [1.29, 1.82) is 0 Å². The Morgan fingerprint density at radius 1 is 1.27 bits per heavy atom. The second-order valence-electron chi connectivity index (χ2n) is 4.61. The summed E-state index contributed by atoms with van der Waals surface area (Å²) >= 11 is 3.36. The number of pyridine rings is 1. The van der Waals surface area contributed by atoms with E-state index in [0.717, 1.165) is 10.0 Å². The molecule has 2 aromatic rings. The highest BCUT2D eigenvalue weighted by atomic mass is 79.9. The number of amides is 3. The molecular formula is C15H15BrN4O2. The van der Waals surface area contributed by atoms with Gasteiger partial charge >= 0.3 is 6.03 Å². The molecule has 114 valence electrons. The van der Waals surface area contributed by atoms with Crippen LogP contribution in [0.3, 0.4) is 0 Å². The zero-order valence-electron chi connectivity index (χ0n) is 11.6. The average molecular weight is 363 g/mol. The molecule has 4 N–H and O–H groups in total. The van der Waals surface area contributed by atoms with Crippen LogP contribution in [-0.2, 0) is 4.79 Å². The Morgan fingerprint density at radius 2 is 2.09 bits per heavy atom. The fourth-order valence-corrected chi connectivity index (χ4v) is 2.40. The molecule has 1 heterocycles.